The first-order valence-electron chi connectivity index (χ1n) is 9.01. The Hall–Kier alpha value is -3.59. The van der Waals surface area contributed by atoms with E-state index in [1.807, 2.05) is 37.4 Å². The minimum atomic E-state index is -0.284. The molecule has 9 heteroatoms. The van der Waals surface area contributed by atoms with Crippen LogP contribution in [0.1, 0.15) is 21.7 Å². The summed E-state index contributed by atoms with van der Waals surface area (Å²) >= 11 is 0. The van der Waals surface area contributed by atoms with E-state index in [0.29, 0.717) is 23.8 Å². The van der Waals surface area contributed by atoms with Crippen LogP contribution in [0.5, 0.6) is 0 Å². The minimum Gasteiger partial charge on any atom is -0.304 e. The zero-order valence-electron chi connectivity index (χ0n) is 15.3. The zero-order valence-corrected chi connectivity index (χ0v) is 15.3. The van der Waals surface area contributed by atoms with Crippen LogP contribution in [0.25, 0.3) is 16.9 Å². The van der Waals surface area contributed by atoms with E-state index < -0.39 is 0 Å². The van der Waals surface area contributed by atoms with Gasteiger partial charge in [0.25, 0.3) is 11.7 Å². The molecule has 3 aromatic heterocycles. The second kappa shape index (κ2) is 6.54. The van der Waals surface area contributed by atoms with Crippen LogP contribution in [-0.2, 0) is 13.0 Å². The summed E-state index contributed by atoms with van der Waals surface area (Å²) in [5.41, 5.74) is 4.05. The lowest BCUT2D eigenvalue weighted by Gasteiger charge is -2.22. The third-order valence-corrected chi connectivity index (χ3v) is 4.96. The van der Waals surface area contributed by atoms with Crippen molar-refractivity contribution < 1.29 is 4.79 Å². The molecule has 9 nitrogen and oxygen atoms in total. The second-order valence-electron chi connectivity index (χ2n) is 6.83. The highest BCUT2D eigenvalue weighted by atomic mass is 16.2. The Kier molecular flexibility index (Phi) is 3.87. The van der Waals surface area contributed by atoms with Gasteiger partial charge in [-0.15, -0.1) is 0 Å². The number of fused-ring (bicyclic) bond motifs is 2. The molecule has 0 unspecified atom stereocenters. The van der Waals surface area contributed by atoms with Crippen molar-refractivity contribution in [2.75, 3.05) is 18.9 Å². The number of anilines is 1. The van der Waals surface area contributed by atoms with Gasteiger partial charge in [-0.2, -0.15) is 19.7 Å². The molecule has 0 fully saturated rings. The van der Waals surface area contributed by atoms with E-state index >= 15 is 0 Å². The van der Waals surface area contributed by atoms with E-state index in [4.69, 9.17) is 0 Å². The fraction of sp³-hybridized carbons (Fsp3) is 0.211. The molecule has 0 radical (unpaired) electrons. The van der Waals surface area contributed by atoms with Crippen molar-refractivity contribution in [3.8, 4) is 11.1 Å². The number of aromatic nitrogens is 6. The summed E-state index contributed by atoms with van der Waals surface area (Å²) in [6.07, 6.45) is 3.96. The van der Waals surface area contributed by atoms with Gasteiger partial charge in [-0.05, 0) is 12.6 Å². The maximum Gasteiger partial charge on any atom is 0.277 e. The van der Waals surface area contributed by atoms with Gasteiger partial charge in [0.2, 0.25) is 0 Å². The van der Waals surface area contributed by atoms with Gasteiger partial charge in [-0.25, -0.2) is 4.98 Å². The van der Waals surface area contributed by atoms with E-state index in [0.717, 1.165) is 35.3 Å². The van der Waals surface area contributed by atoms with Gasteiger partial charge in [0.1, 0.15) is 12.1 Å². The third kappa shape index (κ3) is 2.72. The highest BCUT2D eigenvalue weighted by Gasteiger charge is 2.25. The monoisotopic (exact) mass is 374 g/mol. The lowest BCUT2D eigenvalue weighted by Crippen LogP contribution is -2.28. The Bertz CT molecular complexity index is 1160. The molecular weight excluding hydrogens is 356 g/mol. The Balaban J connectivity index is 1.58. The summed E-state index contributed by atoms with van der Waals surface area (Å²) in [5.74, 6) is 0.645. The largest absolute Gasteiger partial charge is 0.304 e. The second-order valence-corrected chi connectivity index (χ2v) is 6.83. The molecule has 1 amide bonds. The normalized spacial score (nSPS) is 14.2. The number of rotatable bonds is 3. The molecule has 0 bridgehead atoms. The fourth-order valence-corrected chi connectivity index (χ4v) is 3.51. The Morgan fingerprint density at radius 3 is 2.93 bits per heavy atom. The lowest BCUT2D eigenvalue weighted by atomic mass is 10.1. The van der Waals surface area contributed by atoms with Crippen molar-refractivity contribution in [3.05, 3.63) is 59.8 Å². The molecule has 0 spiro atoms. The Labute approximate surface area is 160 Å². The molecule has 1 aliphatic rings. The van der Waals surface area contributed by atoms with Crippen LogP contribution in [0.3, 0.4) is 0 Å². The van der Waals surface area contributed by atoms with Crippen molar-refractivity contribution in [1.82, 2.24) is 34.7 Å². The smallest absolute Gasteiger partial charge is 0.277 e. The quantitative estimate of drug-likeness (QED) is 0.566. The highest BCUT2D eigenvalue weighted by Crippen LogP contribution is 2.28. The fourth-order valence-electron chi connectivity index (χ4n) is 3.51. The molecule has 140 valence electrons. The summed E-state index contributed by atoms with van der Waals surface area (Å²) in [6.45, 7) is 1.63. The molecule has 2 N–H and O–H groups in total. The van der Waals surface area contributed by atoms with E-state index in [1.54, 1.807) is 6.20 Å². The average Bonchev–Trinajstić information content (AvgIpc) is 3.35. The van der Waals surface area contributed by atoms with Crippen molar-refractivity contribution in [1.29, 1.82) is 0 Å². The van der Waals surface area contributed by atoms with E-state index in [2.05, 4.69) is 35.5 Å². The molecule has 0 saturated heterocycles. The molecule has 4 heterocycles. The molecule has 4 aromatic rings. The number of carbonyl (C=O) groups excluding carboxylic acids is 1. The van der Waals surface area contributed by atoms with Gasteiger partial charge in [-0.3, -0.25) is 9.89 Å². The van der Waals surface area contributed by atoms with Gasteiger partial charge in [0, 0.05) is 42.5 Å². The summed E-state index contributed by atoms with van der Waals surface area (Å²) in [5, 5.41) is 14.5. The Morgan fingerprint density at radius 1 is 1.21 bits per heavy atom. The number of benzene rings is 1. The van der Waals surface area contributed by atoms with Crippen molar-refractivity contribution in [2.45, 2.75) is 13.0 Å². The molecule has 5 rings (SSSR count). The van der Waals surface area contributed by atoms with Crippen LogP contribution in [-0.4, -0.2) is 54.2 Å². The van der Waals surface area contributed by atoms with Crippen molar-refractivity contribution in [3.63, 3.8) is 0 Å². The molecule has 1 aromatic carbocycles. The SMILES string of the molecule is CN1CCc2[nH]nc(C(=O)Nc3c(-c4ccccc4)cnc4ncnn34)c2C1. The maximum absolute atomic E-state index is 13.1. The first-order chi connectivity index (χ1) is 13.7. The molecule has 1 aliphatic heterocycles. The van der Waals surface area contributed by atoms with Gasteiger partial charge in [-0.1, -0.05) is 30.3 Å². The number of nitrogens with zero attached hydrogens (tertiary/aromatic N) is 6. The standard InChI is InChI=1S/C19H18N8O/c1-26-8-7-15-14(10-26)16(25-24-15)18(28)23-17-13(12-5-3-2-4-6-12)9-20-19-21-11-22-27(17)19/h2-6,9,11H,7-8,10H2,1H3,(H,23,28)(H,24,25). The molecular formula is C19H18N8O. The number of carbonyl (C=O) groups is 1. The van der Waals surface area contributed by atoms with Crippen molar-refractivity contribution >= 4 is 17.5 Å². The van der Waals surface area contributed by atoms with Crippen LogP contribution >= 0.6 is 0 Å². The number of hydrogen-bond donors (Lipinski definition) is 2. The third-order valence-electron chi connectivity index (χ3n) is 4.96. The van der Waals surface area contributed by atoms with Crippen LogP contribution in [0, 0.1) is 0 Å². The van der Waals surface area contributed by atoms with Gasteiger partial charge in [0.15, 0.2) is 5.69 Å². The topological polar surface area (TPSA) is 104 Å². The van der Waals surface area contributed by atoms with Gasteiger partial charge < -0.3 is 10.2 Å². The van der Waals surface area contributed by atoms with Crippen LogP contribution in [0.4, 0.5) is 5.82 Å². The minimum absolute atomic E-state index is 0.284. The molecule has 28 heavy (non-hydrogen) atoms. The van der Waals surface area contributed by atoms with E-state index in [1.165, 1.54) is 10.8 Å². The predicted octanol–water partition coefficient (Wildman–Crippen LogP) is 1.75. The van der Waals surface area contributed by atoms with Crippen LogP contribution in [0.2, 0.25) is 0 Å². The number of amides is 1. The summed E-state index contributed by atoms with van der Waals surface area (Å²) in [7, 11) is 2.03. The van der Waals surface area contributed by atoms with Gasteiger partial charge >= 0.3 is 0 Å². The number of aromatic amines is 1. The van der Waals surface area contributed by atoms with E-state index in [9.17, 15) is 4.79 Å². The number of H-pyrrole nitrogens is 1. The predicted molar refractivity (Wildman–Crippen MR) is 103 cm³/mol. The Morgan fingerprint density at radius 2 is 2.07 bits per heavy atom. The summed E-state index contributed by atoms with van der Waals surface area (Å²) in [6, 6.07) is 9.73. The van der Waals surface area contributed by atoms with Crippen LogP contribution in [0.15, 0.2) is 42.9 Å². The highest BCUT2D eigenvalue weighted by molar-refractivity contribution is 6.05. The zero-order chi connectivity index (χ0) is 19.1. The van der Waals surface area contributed by atoms with Crippen molar-refractivity contribution in [2.24, 2.45) is 0 Å². The lowest BCUT2D eigenvalue weighted by molar-refractivity contribution is 0.101. The van der Waals surface area contributed by atoms with Gasteiger partial charge in [0.05, 0.1) is 0 Å². The van der Waals surface area contributed by atoms with E-state index in [-0.39, 0.29) is 5.91 Å². The first kappa shape index (κ1) is 16.6. The summed E-state index contributed by atoms with van der Waals surface area (Å²) < 4.78 is 1.53. The number of hydrogen-bond acceptors (Lipinski definition) is 6. The van der Waals surface area contributed by atoms with Crippen LogP contribution < -0.4 is 5.32 Å². The number of likely N-dealkylation sites (N-methyl/N-ethyl adjacent to an activating group) is 1. The number of nitrogens with one attached hydrogen (secondary N) is 2. The first-order valence-corrected chi connectivity index (χ1v) is 9.01. The average molecular weight is 374 g/mol. The molecule has 0 atom stereocenters. The molecule has 0 aliphatic carbocycles. The summed E-state index contributed by atoms with van der Waals surface area (Å²) in [4.78, 5) is 23.7. The molecule has 0 saturated carbocycles. The maximum atomic E-state index is 13.1.